The molecule has 3 aliphatic rings. The van der Waals surface area contributed by atoms with Gasteiger partial charge in [0.15, 0.2) is 0 Å². The zero-order chi connectivity index (χ0) is 35.2. The summed E-state index contributed by atoms with van der Waals surface area (Å²) >= 11 is 0. The van der Waals surface area contributed by atoms with Crippen LogP contribution in [0.4, 0.5) is 26.1 Å². The Morgan fingerprint density at radius 2 is 1.65 bits per heavy atom. The monoisotopic (exact) mass is 691 g/mol. The van der Waals surface area contributed by atoms with E-state index >= 15 is 0 Å². The number of imidazole rings is 1. The first-order valence-corrected chi connectivity index (χ1v) is 18.4. The van der Waals surface area contributed by atoms with Crippen molar-refractivity contribution in [2.24, 2.45) is 18.9 Å². The molecule has 9 nitrogen and oxygen atoms in total. The number of pyridine rings is 1. The summed E-state index contributed by atoms with van der Waals surface area (Å²) in [7, 11) is 1.99. The third-order valence-corrected chi connectivity index (χ3v) is 10.7. The summed E-state index contributed by atoms with van der Waals surface area (Å²) in [6.45, 7) is 16.2. The van der Waals surface area contributed by atoms with Crippen molar-refractivity contribution < 1.29 is 8.78 Å². The molecule has 11 heteroatoms. The second-order valence-electron chi connectivity index (χ2n) is 14.7. The van der Waals surface area contributed by atoms with Crippen LogP contribution in [0.1, 0.15) is 43.1 Å². The van der Waals surface area contributed by atoms with Crippen molar-refractivity contribution in [3.63, 3.8) is 0 Å². The van der Waals surface area contributed by atoms with E-state index in [-0.39, 0.29) is 0 Å². The number of halogens is 2. The Morgan fingerprint density at radius 1 is 0.882 bits per heavy atom. The summed E-state index contributed by atoms with van der Waals surface area (Å²) in [5, 5.41) is 8.13. The van der Waals surface area contributed by atoms with Crippen LogP contribution in [0.2, 0.25) is 0 Å². The van der Waals surface area contributed by atoms with E-state index in [1.807, 2.05) is 24.9 Å². The molecule has 0 amide bonds. The summed E-state index contributed by atoms with van der Waals surface area (Å²) in [4.78, 5) is 17.0. The molecule has 51 heavy (non-hydrogen) atoms. The van der Waals surface area contributed by atoms with Gasteiger partial charge in [0.1, 0.15) is 11.6 Å². The first-order chi connectivity index (χ1) is 24.7. The highest BCUT2D eigenvalue weighted by molar-refractivity contribution is 5.85. The Bertz CT molecular complexity index is 2050. The van der Waals surface area contributed by atoms with E-state index in [1.54, 1.807) is 0 Å². The highest BCUT2D eigenvalue weighted by atomic mass is 19.1. The number of hydrogen-bond donors (Lipinski definition) is 1. The van der Waals surface area contributed by atoms with Crippen LogP contribution < -0.4 is 15.1 Å². The number of nitrogens with zero attached hydrogens (tertiary/aromatic N) is 8. The molecule has 3 fully saturated rings. The summed E-state index contributed by atoms with van der Waals surface area (Å²) in [6, 6.07) is 14.6. The van der Waals surface area contributed by atoms with Gasteiger partial charge in [-0.2, -0.15) is 5.10 Å². The van der Waals surface area contributed by atoms with E-state index in [1.165, 1.54) is 36.4 Å². The number of aryl methyl sites for hydroxylation is 2. The lowest BCUT2D eigenvalue weighted by atomic mass is 9.98. The van der Waals surface area contributed by atoms with Crippen LogP contribution in [0.25, 0.3) is 28.0 Å². The molecule has 1 saturated carbocycles. The van der Waals surface area contributed by atoms with Crippen molar-refractivity contribution in [3.05, 3.63) is 89.9 Å². The number of benzene rings is 2. The van der Waals surface area contributed by atoms with E-state index < -0.39 is 11.6 Å². The summed E-state index contributed by atoms with van der Waals surface area (Å²) in [5.41, 5.74) is 9.87. The molecule has 1 N–H and O–H groups in total. The van der Waals surface area contributed by atoms with Gasteiger partial charge in [-0.25, -0.2) is 13.8 Å². The average Bonchev–Trinajstić information content (AvgIpc) is 3.76. The van der Waals surface area contributed by atoms with Crippen LogP contribution in [-0.2, 0) is 20.0 Å². The Hall–Kier alpha value is -4.77. The summed E-state index contributed by atoms with van der Waals surface area (Å²) in [5.74, 6) is 0.959. The maximum atomic E-state index is 13.7. The highest BCUT2D eigenvalue weighted by Crippen LogP contribution is 2.36. The molecule has 2 aliphatic heterocycles. The largest absolute Gasteiger partial charge is 0.371 e. The van der Waals surface area contributed by atoms with Gasteiger partial charge in [0.05, 0.1) is 22.9 Å². The number of aromatic nitrogens is 5. The first kappa shape index (κ1) is 33.4. The van der Waals surface area contributed by atoms with Crippen molar-refractivity contribution in [3.8, 4) is 11.3 Å². The quantitative estimate of drug-likeness (QED) is 0.149. The fraction of sp³-hybridized carbons (Fsp3) is 0.425. The van der Waals surface area contributed by atoms with Crippen LogP contribution in [0.3, 0.4) is 0 Å². The normalized spacial score (nSPS) is 17.0. The Balaban J connectivity index is 0.946. The van der Waals surface area contributed by atoms with E-state index in [4.69, 9.17) is 9.97 Å². The van der Waals surface area contributed by atoms with Gasteiger partial charge in [-0.1, -0.05) is 19.9 Å². The third-order valence-electron chi connectivity index (χ3n) is 10.7. The van der Waals surface area contributed by atoms with Crippen LogP contribution in [0, 0.1) is 30.4 Å². The molecule has 3 aromatic heterocycles. The third kappa shape index (κ3) is 7.08. The van der Waals surface area contributed by atoms with Crippen molar-refractivity contribution in [2.75, 3.05) is 60.9 Å². The smallest absolute Gasteiger partial charge is 0.208 e. The fourth-order valence-electron chi connectivity index (χ4n) is 7.72. The SMILES string of the molecule is C=C(Nc1nc2ccc(N3CCN(CC4CN(c5cc(F)cc(F)c5)C4)CC3)cc2n1CC1CC1)c1cc(C)nc(-c2cnn(C)c2CCC)c1. The van der Waals surface area contributed by atoms with Crippen molar-refractivity contribution in [1.29, 1.82) is 0 Å². The van der Waals surface area contributed by atoms with Crippen LogP contribution in [-0.4, -0.2) is 75.0 Å². The lowest BCUT2D eigenvalue weighted by Gasteiger charge is -2.45. The van der Waals surface area contributed by atoms with Crippen LogP contribution in [0.15, 0.2) is 61.3 Å². The van der Waals surface area contributed by atoms with E-state index in [0.29, 0.717) is 17.5 Å². The van der Waals surface area contributed by atoms with E-state index in [2.05, 4.69) is 73.5 Å². The predicted molar refractivity (Wildman–Crippen MR) is 201 cm³/mol. The van der Waals surface area contributed by atoms with Gasteiger partial charge >= 0.3 is 0 Å². The standard InChI is InChI=1S/C40H47F2N9/c1-5-6-38-35(21-43-47(38)4)37-16-30(15-26(2)44-37)27(3)45-40-46-36-10-9-33(20-39(36)51(40)25-28-7-8-28)49-13-11-48(12-14-49)22-29-23-50(24-29)34-18-31(41)17-32(42)19-34/h9-10,15-21,28-29H,3,5-8,11-14,22-25H2,1-2,4H3,(H,45,46). The number of anilines is 3. The number of hydrogen-bond acceptors (Lipinski definition) is 7. The van der Waals surface area contributed by atoms with E-state index in [0.717, 1.165) is 116 Å². The number of piperazine rings is 1. The molecule has 266 valence electrons. The molecular weight excluding hydrogens is 644 g/mol. The van der Waals surface area contributed by atoms with Crippen molar-refractivity contribution in [1.82, 2.24) is 29.2 Å². The highest BCUT2D eigenvalue weighted by Gasteiger charge is 2.31. The van der Waals surface area contributed by atoms with Gasteiger partial charge in [-0.3, -0.25) is 14.6 Å². The molecule has 0 unspecified atom stereocenters. The lowest BCUT2D eigenvalue weighted by Crippen LogP contribution is -2.55. The zero-order valence-electron chi connectivity index (χ0n) is 29.9. The van der Waals surface area contributed by atoms with Gasteiger partial charge in [0.25, 0.3) is 0 Å². The lowest BCUT2D eigenvalue weighted by molar-refractivity contribution is 0.200. The maximum Gasteiger partial charge on any atom is 0.208 e. The minimum atomic E-state index is -0.521. The molecule has 2 saturated heterocycles. The molecule has 8 rings (SSSR count). The molecule has 0 bridgehead atoms. The second kappa shape index (κ2) is 13.7. The van der Waals surface area contributed by atoms with Gasteiger partial charge in [0, 0.05) is 111 Å². The topological polar surface area (TPSA) is 70.3 Å². The zero-order valence-corrected chi connectivity index (χ0v) is 29.9. The molecule has 0 atom stereocenters. The molecule has 0 spiro atoms. The van der Waals surface area contributed by atoms with Gasteiger partial charge in [-0.15, -0.1) is 0 Å². The molecule has 5 aromatic rings. The Morgan fingerprint density at radius 3 is 2.37 bits per heavy atom. The molecule has 5 heterocycles. The number of rotatable bonds is 12. The molecule has 2 aromatic carbocycles. The van der Waals surface area contributed by atoms with Gasteiger partial charge < -0.3 is 19.7 Å². The number of fused-ring (bicyclic) bond motifs is 1. The van der Waals surface area contributed by atoms with Gasteiger partial charge in [0.2, 0.25) is 5.95 Å². The molecule has 0 radical (unpaired) electrons. The number of nitrogens with one attached hydrogen (secondary N) is 1. The van der Waals surface area contributed by atoms with Gasteiger partial charge in [-0.05, 0) is 74.6 Å². The van der Waals surface area contributed by atoms with Crippen LogP contribution >= 0.6 is 0 Å². The first-order valence-electron chi connectivity index (χ1n) is 18.4. The van der Waals surface area contributed by atoms with Crippen molar-refractivity contribution in [2.45, 2.75) is 46.1 Å². The molecule has 1 aliphatic carbocycles. The Labute approximate surface area is 298 Å². The minimum absolute atomic E-state index is 0.508. The molecular formula is C40H47F2N9. The average molecular weight is 692 g/mol. The second-order valence-corrected chi connectivity index (χ2v) is 14.7. The van der Waals surface area contributed by atoms with Crippen molar-refractivity contribution >= 4 is 34.1 Å². The van der Waals surface area contributed by atoms with E-state index in [9.17, 15) is 8.78 Å². The summed E-state index contributed by atoms with van der Waals surface area (Å²) < 4.78 is 31.7. The minimum Gasteiger partial charge on any atom is -0.371 e. The fourth-order valence-corrected chi connectivity index (χ4v) is 7.72. The predicted octanol–water partition coefficient (Wildman–Crippen LogP) is 7.12. The maximum absolute atomic E-state index is 13.7. The summed E-state index contributed by atoms with van der Waals surface area (Å²) in [6.07, 6.45) is 6.40. The van der Waals surface area contributed by atoms with Crippen LogP contribution in [0.5, 0.6) is 0 Å². The Kier molecular flexibility index (Phi) is 9.00.